The van der Waals surface area contributed by atoms with Crippen molar-refractivity contribution in [3.63, 3.8) is 0 Å². The molecule has 4 nitrogen and oxygen atoms in total. The van der Waals surface area contributed by atoms with Crippen molar-refractivity contribution < 1.29 is 9.18 Å². The number of imidazole rings is 1. The Kier molecular flexibility index (Phi) is 3.87. The molecule has 3 rings (SSSR count). The molecular formula is C17H16FN3O. The normalized spacial score (nSPS) is 10.8. The van der Waals surface area contributed by atoms with Gasteiger partial charge in [0.15, 0.2) is 5.65 Å². The van der Waals surface area contributed by atoms with E-state index in [4.69, 9.17) is 0 Å². The van der Waals surface area contributed by atoms with Crippen molar-refractivity contribution >= 4 is 17.2 Å². The summed E-state index contributed by atoms with van der Waals surface area (Å²) in [6.07, 6.45) is 4.71. The van der Waals surface area contributed by atoms with E-state index >= 15 is 0 Å². The maximum atomic E-state index is 12.8. The molecule has 0 spiro atoms. The molecule has 1 N–H and O–H groups in total. The summed E-state index contributed by atoms with van der Waals surface area (Å²) in [5, 5.41) is 2.88. The zero-order valence-electron chi connectivity index (χ0n) is 12.2. The number of aromatic nitrogens is 2. The lowest BCUT2D eigenvalue weighted by Gasteiger charge is -2.06. The summed E-state index contributed by atoms with van der Waals surface area (Å²) in [6.45, 7) is 1.91. The van der Waals surface area contributed by atoms with Crippen LogP contribution < -0.4 is 5.32 Å². The molecule has 0 saturated carbocycles. The van der Waals surface area contributed by atoms with Crippen LogP contribution in [0.3, 0.4) is 0 Å². The van der Waals surface area contributed by atoms with Gasteiger partial charge in [-0.1, -0.05) is 12.1 Å². The molecule has 0 saturated heterocycles. The molecule has 5 heteroatoms. The summed E-state index contributed by atoms with van der Waals surface area (Å²) in [6, 6.07) is 9.90. The number of halogens is 1. The molecule has 22 heavy (non-hydrogen) atoms. The highest BCUT2D eigenvalue weighted by Gasteiger charge is 2.08. The number of benzene rings is 1. The number of aryl methyl sites for hydroxylation is 2. The first-order valence-electron chi connectivity index (χ1n) is 7.10. The van der Waals surface area contributed by atoms with E-state index in [1.807, 2.05) is 35.9 Å². The first-order chi connectivity index (χ1) is 10.6. The average Bonchev–Trinajstić information content (AvgIpc) is 2.88. The molecule has 0 atom stereocenters. The van der Waals surface area contributed by atoms with Crippen molar-refractivity contribution in [2.45, 2.75) is 19.8 Å². The second-order valence-corrected chi connectivity index (χ2v) is 5.21. The van der Waals surface area contributed by atoms with Gasteiger partial charge in [0, 0.05) is 18.8 Å². The van der Waals surface area contributed by atoms with Gasteiger partial charge in [-0.05, 0) is 43.2 Å². The molecule has 2 aromatic heterocycles. The van der Waals surface area contributed by atoms with E-state index < -0.39 is 0 Å². The van der Waals surface area contributed by atoms with Crippen LogP contribution in [-0.2, 0) is 11.2 Å². The van der Waals surface area contributed by atoms with E-state index in [1.165, 1.54) is 12.1 Å². The van der Waals surface area contributed by atoms with E-state index in [-0.39, 0.29) is 11.7 Å². The molecule has 0 unspecified atom stereocenters. The highest BCUT2D eigenvalue weighted by molar-refractivity contribution is 5.94. The number of hydrogen-bond acceptors (Lipinski definition) is 2. The van der Waals surface area contributed by atoms with Gasteiger partial charge in [-0.25, -0.2) is 9.37 Å². The van der Waals surface area contributed by atoms with Crippen molar-refractivity contribution in [2.75, 3.05) is 5.32 Å². The molecule has 1 amide bonds. The summed E-state index contributed by atoms with van der Waals surface area (Å²) < 4.78 is 14.7. The molecule has 3 aromatic rings. The predicted octanol–water partition coefficient (Wildman–Crippen LogP) is 3.35. The third-order valence-corrected chi connectivity index (χ3v) is 3.43. The number of rotatable bonds is 4. The fraction of sp³-hybridized carbons (Fsp3) is 0.176. The second-order valence-electron chi connectivity index (χ2n) is 5.21. The lowest BCUT2D eigenvalue weighted by Crippen LogP contribution is -2.13. The maximum absolute atomic E-state index is 12.8. The highest BCUT2D eigenvalue weighted by Crippen LogP contribution is 2.16. The van der Waals surface area contributed by atoms with Crippen LogP contribution in [0, 0.1) is 12.7 Å². The Morgan fingerprint density at radius 3 is 2.82 bits per heavy atom. The minimum atomic E-state index is -0.269. The predicted molar refractivity (Wildman–Crippen MR) is 83.3 cm³/mol. The van der Waals surface area contributed by atoms with Crippen molar-refractivity contribution in [1.82, 2.24) is 9.38 Å². The van der Waals surface area contributed by atoms with Gasteiger partial charge >= 0.3 is 0 Å². The summed E-state index contributed by atoms with van der Waals surface area (Å²) in [5.74, 6) is -0.354. The molecular weight excluding hydrogens is 281 g/mol. The zero-order chi connectivity index (χ0) is 15.5. The van der Waals surface area contributed by atoms with Gasteiger partial charge in [-0.15, -0.1) is 0 Å². The second kappa shape index (κ2) is 5.97. The Hall–Kier alpha value is -2.69. The van der Waals surface area contributed by atoms with Gasteiger partial charge in [0.2, 0.25) is 5.91 Å². The minimum Gasteiger partial charge on any atom is -0.323 e. The number of nitrogens with zero attached hydrogens (tertiary/aromatic N) is 2. The minimum absolute atomic E-state index is 0.0851. The summed E-state index contributed by atoms with van der Waals surface area (Å²) >= 11 is 0. The average molecular weight is 297 g/mol. The number of pyridine rings is 1. The maximum Gasteiger partial charge on any atom is 0.224 e. The smallest absolute Gasteiger partial charge is 0.224 e. The molecule has 0 aliphatic heterocycles. The van der Waals surface area contributed by atoms with Crippen molar-refractivity contribution in [3.8, 4) is 0 Å². The van der Waals surface area contributed by atoms with Crippen LogP contribution >= 0.6 is 0 Å². The largest absolute Gasteiger partial charge is 0.323 e. The van der Waals surface area contributed by atoms with Crippen LogP contribution in [0.5, 0.6) is 0 Å². The summed E-state index contributed by atoms with van der Waals surface area (Å²) in [7, 11) is 0. The Morgan fingerprint density at radius 1 is 1.27 bits per heavy atom. The van der Waals surface area contributed by atoms with Gasteiger partial charge in [-0.3, -0.25) is 4.79 Å². The van der Waals surface area contributed by atoms with Crippen LogP contribution in [0.4, 0.5) is 10.1 Å². The standard InChI is InChI=1S/C17H16FN3O/c1-12-11-21-10-2-3-15(17(21)19-12)20-16(22)9-6-13-4-7-14(18)8-5-13/h2-5,7-8,10-11H,6,9H2,1H3,(H,20,22). The quantitative estimate of drug-likeness (QED) is 0.802. The number of amides is 1. The van der Waals surface area contributed by atoms with Gasteiger partial charge in [0.25, 0.3) is 0 Å². The van der Waals surface area contributed by atoms with Gasteiger partial charge in [0.1, 0.15) is 5.82 Å². The van der Waals surface area contributed by atoms with Gasteiger partial charge < -0.3 is 9.72 Å². The molecule has 1 aromatic carbocycles. The van der Waals surface area contributed by atoms with Crippen LogP contribution in [0.25, 0.3) is 5.65 Å². The van der Waals surface area contributed by atoms with Crippen molar-refractivity contribution in [2.24, 2.45) is 0 Å². The first kappa shape index (κ1) is 14.3. The Balaban J connectivity index is 1.67. The fourth-order valence-corrected chi connectivity index (χ4v) is 2.35. The lowest BCUT2D eigenvalue weighted by molar-refractivity contribution is -0.116. The molecule has 0 aliphatic carbocycles. The van der Waals surface area contributed by atoms with Crippen LogP contribution in [0.1, 0.15) is 17.7 Å². The third kappa shape index (κ3) is 3.14. The Bertz CT molecular complexity index is 808. The number of hydrogen-bond donors (Lipinski definition) is 1. The fourth-order valence-electron chi connectivity index (χ4n) is 2.35. The van der Waals surface area contributed by atoms with E-state index in [2.05, 4.69) is 10.3 Å². The van der Waals surface area contributed by atoms with E-state index in [1.54, 1.807) is 12.1 Å². The topological polar surface area (TPSA) is 46.4 Å². The van der Waals surface area contributed by atoms with Crippen molar-refractivity contribution in [1.29, 1.82) is 0 Å². The van der Waals surface area contributed by atoms with Crippen molar-refractivity contribution in [3.05, 3.63) is 65.9 Å². The van der Waals surface area contributed by atoms with E-state index in [0.717, 1.165) is 16.9 Å². The lowest BCUT2D eigenvalue weighted by atomic mass is 10.1. The Labute approximate surface area is 127 Å². The van der Waals surface area contributed by atoms with E-state index in [0.29, 0.717) is 18.5 Å². The summed E-state index contributed by atoms with van der Waals surface area (Å²) in [4.78, 5) is 16.5. The third-order valence-electron chi connectivity index (χ3n) is 3.43. The molecule has 112 valence electrons. The zero-order valence-corrected chi connectivity index (χ0v) is 12.2. The molecule has 0 radical (unpaired) electrons. The van der Waals surface area contributed by atoms with Gasteiger partial charge in [-0.2, -0.15) is 0 Å². The number of carbonyl (C=O) groups is 1. The van der Waals surface area contributed by atoms with Crippen LogP contribution in [0.2, 0.25) is 0 Å². The number of fused-ring (bicyclic) bond motifs is 1. The molecule has 0 aliphatic rings. The van der Waals surface area contributed by atoms with E-state index in [9.17, 15) is 9.18 Å². The molecule has 2 heterocycles. The number of nitrogens with one attached hydrogen (secondary N) is 1. The highest BCUT2D eigenvalue weighted by atomic mass is 19.1. The van der Waals surface area contributed by atoms with Crippen LogP contribution in [0.15, 0.2) is 48.8 Å². The monoisotopic (exact) mass is 297 g/mol. The number of carbonyl (C=O) groups excluding carboxylic acids is 1. The summed E-state index contributed by atoms with van der Waals surface area (Å²) in [5.41, 5.74) is 3.26. The Morgan fingerprint density at radius 2 is 2.05 bits per heavy atom. The van der Waals surface area contributed by atoms with Crippen LogP contribution in [-0.4, -0.2) is 15.3 Å². The molecule has 0 fully saturated rings. The van der Waals surface area contributed by atoms with Gasteiger partial charge in [0.05, 0.1) is 11.4 Å². The number of anilines is 1. The molecule has 0 bridgehead atoms. The first-order valence-corrected chi connectivity index (χ1v) is 7.10. The SMILES string of the molecule is Cc1cn2cccc(NC(=O)CCc3ccc(F)cc3)c2n1.